The first-order chi connectivity index (χ1) is 13.8. The van der Waals surface area contributed by atoms with Gasteiger partial charge in [-0.25, -0.2) is 4.79 Å². The Labute approximate surface area is 170 Å². The molecule has 0 aliphatic rings. The molecule has 0 atom stereocenters. The second kappa shape index (κ2) is 8.53. The van der Waals surface area contributed by atoms with Gasteiger partial charge in [0.15, 0.2) is 6.61 Å². The lowest BCUT2D eigenvalue weighted by Crippen LogP contribution is -2.22. The quantitative estimate of drug-likeness (QED) is 0.375. The molecule has 148 valence electrons. The molecule has 0 saturated heterocycles. The number of nitro benzene ring substituents is 1. The first-order valence-corrected chi connectivity index (χ1v) is 8.73. The topological polar surface area (TPSA) is 116 Å². The Kier molecular flexibility index (Phi) is 5.89. The number of amides is 1. The molecule has 1 heterocycles. The molecule has 3 aromatic rings. The Morgan fingerprint density at radius 1 is 1.21 bits per heavy atom. The lowest BCUT2D eigenvalue weighted by atomic mass is 10.1. The Bertz CT molecular complexity index is 1080. The van der Waals surface area contributed by atoms with Crippen molar-refractivity contribution in [2.24, 2.45) is 7.05 Å². The van der Waals surface area contributed by atoms with Crippen LogP contribution in [-0.4, -0.2) is 33.2 Å². The Balaban J connectivity index is 1.64. The number of benzene rings is 2. The van der Waals surface area contributed by atoms with Gasteiger partial charge in [0.25, 0.3) is 11.6 Å². The van der Waals surface area contributed by atoms with E-state index in [2.05, 4.69) is 10.4 Å². The third-order valence-corrected chi connectivity index (χ3v) is 4.19. The van der Waals surface area contributed by atoms with Crippen molar-refractivity contribution in [3.8, 4) is 11.3 Å². The standard InChI is InChI=1S/C19H15ClN4O5/c1-23-17(10-15(22-23)12-6-8-13(20)9-7-12)21-18(25)11-29-19(26)14-4-2-3-5-16(14)24(27)28/h2-10H,11H2,1H3,(H,21,25). The van der Waals surface area contributed by atoms with Gasteiger partial charge in [0.1, 0.15) is 11.4 Å². The normalized spacial score (nSPS) is 10.4. The maximum atomic E-state index is 12.1. The first kappa shape index (κ1) is 20.0. The molecule has 10 heteroatoms. The van der Waals surface area contributed by atoms with Crippen LogP contribution in [0.5, 0.6) is 0 Å². The van der Waals surface area contributed by atoms with E-state index in [-0.39, 0.29) is 5.56 Å². The van der Waals surface area contributed by atoms with E-state index in [0.29, 0.717) is 16.5 Å². The molecule has 0 saturated carbocycles. The van der Waals surface area contributed by atoms with E-state index in [1.807, 2.05) is 0 Å². The van der Waals surface area contributed by atoms with Crippen LogP contribution in [0.1, 0.15) is 10.4 Å². The van der Waals surface area contributed by atoms with Gasteiger partial charge in [-0.1, -0.05) is 35.9 Å². The van der Waals surface area contributed by atoms with Crippen LogP contribution in [0, 0.1) is 10.1 Å². The number of ether oxygens (including phenoxy) is 1. The van der Waals surface area contributed by atoms with Crippen molar-refractivity contribution in [2.45, 2.75) is 0 Å². The zero-order chi connectivity index (χ0) is 21.0. The van der Waals surface area contributed by atoms with Crippen molar-refractivity contribution in [1.82, 2.24) is 9.78 Å². The highest BCUT2D eigenvalue weighted by molar-refractivity contribution is 6.30. The highest BCUT2D eigenvalue weighted by Crippen LogP contribution is 2.23. The number of anilines is 1. The third-order valence-electron chi connectivity index (χ3n) is 3.94. The number of hydrogen-bond acceptors (Lipinski definition) is 6. The lowest BCUT2D eigenvalue weighted by molar-refractivity contribution is -0.385. The number of para-hydroxylation sites is 1. The molecule has 1 amide bonds. The summed E-state index contributed by atoms with van der Waals surface area (Å²) < 4.78 is 6.36. The van der Waals surface area contributed by atoms with Gasteiger partial charge in [0, 0.05) is 29.8 Å². The van der Waals surface area contributed by atoms with Crippen LogP contribution in [-0.2, 0) is 16.6 Å². The smallest absolute Gasteiger partial charge is 0.345 e. The molecule has 0 fully saturated rings. The number of aryl methyl sites for hydroxylation is 1. The largest absolute Gasteiger partial charge is 0.452 e. The number of nitrogens with one attached hydrogen (secondary N) is 1. The Morgan fingerprint density at radius 3 is 2.59 bits per heavy atom. The number of aromatic nitrogens is 2. The summed E-state index contributed by atoms with van der Waals surface area (Å²) in [5, 5.41) is 18.5. The van der Waals surface area contributed by atoms with Crippen molar-refractivity contribution in [3.05, 3.63) is 75.3 Å². The van der Waals surface area contributed by atoms with Crippen LogP contribution >= 0.6 is 11.6 Å². The fourth-order valence-corrected chi connectivity index (χ4v) is 2.67. The number of nitrogens with zero attached hydrogens (tertiary/aromatic N) is 3. The number of halogens is 1. The predicted molar refractivity (Wildman–Crippen MR) is 106 cm³/mol. The lowest BCUT2D eigenvalue weighted by Gasteiger charge is -2.06. The van der Waals surface area contributed by atoms with Crippen molar-refractivity contribution >= 4 is 35.0 Å². The van der Waals surface area contributed by atoms with Crippen LogP contribution in [0.15, 0.2) is 54.6 Å². The number of rotatable bonds is 6. The highest BCUT2D eigenvalue weighted by Gasteiger charge is 2.21. The summed E-state index contributed by atoms with van der Waals surface area (Å²) >= 11 is 5.87. The molecule has 0 radical (unpaired) electrons. The molecule has 1 N–H and O–H groups in total. The van der Waals surface area contributed by atoms with Crippen LogP contribution < -0.4 is 5.32 Å². The molecule has 1 aromatic heterocycles. The second-order valence-corrected chi connectivity index (χ2v) is 6.38. The molecule has 0 spiro atoms. The average molecular weight is 415 g/mol. The molecule has 2 aromatic carbocycles. The monoisotopic (exact) mass is 414 g/mol. The fraction of sp³-hybridized carbons (Fsp3) is 0.105. The second-order valence-electron chi connectivity index (χ2n) is 5.94. The van der Waals surface area contributed by atoms with Gasteiger partial charge in [0.2, 0.25) is 0 Å². The van der Waals surface area contributed by atoms with Crippen LogP contribution in [0.4, 0.5) is 11.5 Å². The summed E-state index contributed by atoms with van der Waals surface area (Å²) in [6.45, 7) is -0.605. The van der Waals surface area contributed by atoms with E-state index >= 15 is 0 Å². The Hall–Kier alpha value is -3.72. The first-order valence-electron chi connectivity index (χ1n) is 8.35. The van der Waals surface area contributed by atoms with E-state index in [0.717, 1.165) is 5.56 Å². The molecule has 0 unspecified atom stereocenters. The zero-order valence-corrected chi connectivity index (χ0v) is 15.9. The summed E-state index contributed by atoms with van der Waals surface area (Å²) in [5.41, 5.74) is 0.817. The molecular weight excluding hydrogens is 400 g/mol. The highest BCUT2D eigenvalue weighted by atomic mass is 35.5. The van der Waals surface area contributed by atoms with E-state index in [9.17, 15) is 19.7 Å². The van der Waals surface area contributed by atoms with Gasteiger partial charge in [-0.15, -0.1) is 0 Å². The van der Waals surface area contributed by atoms with Crippen molar-refractivity contribution in [3.63, 3.8) is 0 Å². The van der Waals surface area contributed by atoms with Gasteiger partial charge >= 0.3 is 5.97 Å². The maximum Gasteiger partial charge on any atom is 0.345 e. The molecule has 0 aliphatic heterocycles. The van der Waals surface area contributed by atoms with Gasteiger partial charge in [0.05, 0.1) is 10.6 Å². The van der Waals surface area contributed by atoms with Gasteiger partial charge < -0.3 is 10.1 Å². The molecule has 29 heavy (non-hydrogen) atoms. The van der Waals surface area contributed by atoms with E-state index < -0.39 is 29.1 Å². The number of carbonyl (C=O) groups excluding carboxylic acids is 2. The third kappa shape index (κ3) is 4.77. The molecule has 3 rings (SSSR count). The van der Waals surface area contributed by atoms with Crippen LogP contribution in [0.3, 0.4) is 0 Å². The van der Waals surface area contributed by atoms with Gasteiger partial charge in [-0.05, 0) is 18.2 Å². The zero-order valence-electron chi connectivity index (χ0n) is 15.2. The average Bonchev–Trinajstić information content (AvgIpc) is 3.06. The van der Waals surface area contributed by atoms with Crippen molar-refractivity contribution in [1.29, 1.82) is 0 Å². The van der Waals surface area contributed by atoms with Crippen molar-refractivity contribution in [2.75, 3.05) is 11.9 Å². The Morgan fingerprint density at radius 2 is 1.90 bits per heavy atom. The summed E-state index contributed by atoms with van der Waals surface area (Å²) in [6, 6.07) is 14.1. The summed E-state index contributed by atoms with van der Waals surface area (Å²) in [4.78, 5) is 34.5. The van der Waals surface area contributed by atoms with Crippen LogP contribution in [0.2, 0.25) is 5.02 Å². The summed E-state index contributed by atoms with van der Waals surface area (Å²) in [5.74, 6) is -1.18. The summed E-state index contributed by atoms with van der Waals surface area (Å²) in [7, 11) is 1.65. The number of hydrogen-bond donors (Lipinski definition) is 1. The number of esters is 1. The minimum absolute atomic E-state index is 0.226. The molecule has 0 bridgehead atoms. The SMILES string of the molecule is Cn1nc(-c2ccc(Cl)cc2)cc1NC(=O)COC(=O)c1ccccc1[N+](=O)[O-]. The van der Waals surface area contributed by atoms with Crippen molar-refractivity contribution < 1.29 is 19.2 Å². The van der Waals surface area contributed by atoms with E-state index in [4.69, 9.17) is 16.3 Å². The minimum Gasteiger partial charge on any atom is -0.452 e. The molecule has 9 nitrogen and oxygen atoms in total. The number of nitro groups is 1. The molecule has 0 aliphatic carbocycles. The van der Waals surface area contributed by atoms with Gasteiger partial charge in [-0.2, -0.15) is 5.10 Å². The predicted octanol–water partition coefficient (Wildman–Crippen LogP) is 3.44. The van der Waals surface area contributed by atoms with Gasteiger partial charge in [-0.3, -0.25) is 19.6 Å². The minimum atomic E-state index is -0.959. The summed E-state index contributed by atoms with van der Waals surface area (Å²) in [6.07, 6.45) is 0. The van der Waals surface area contributed by atoms with Crippen LogP contribution in [0.25, 0.3) is 11.3 Å². The van der Waals surface area contributed by atoms with E-state index in [1.54, 1.807) is 37.4 Å². The number of carbonyl (C=O) groups is 2. The molecular formula is C19H15ClN4O5. The fourth-order valence-electron chi connectivity index (χ4n) is 2.54. The van der Waals surface area contributed by atoms with E-state index in [1.165, 1.54) is 28.9 Å². The maximum absolute atomic E-state index is 12.1.